The standard InChI is InChI=1S/C24H24N2O6/c1-16(26-23(28)21-22(27)19(30-2)13-14-25-21)24(29)31-15-20(17-9-5-3-6-10-17)32-18-11-7-4-8-12-18/h3-14,16,20,27H,15H2,1-2H3,(H,26,28)/t16-,20?/m0/s1. The Kier molecular flexibility index (Phi) is 7.64. The molecular formula is C24H24N2O6. The second kappa shape index (κ2) is 10.8. The number of amides is 1. The van der Waals surface area contributed by atoms with Crippen molar-refractivity contribution in [2.75, 3.05) is 13.7 Å². The molecule has 2 N–H and O–H groups in total. The number of nitrogens with one attached hydrogen (secondary N) is 1. The molecular weight excluding hydrogens is 412 g/mol. The van der Waals surface area contributed by atoms with Crippen LogP contribution in [0, 0.1) is 0 Å². The molecule has 0 fully saturated rings. The molecule has 3 rings (SSSR count). The summed E-state index contributed by atoms with van der Waals surface area (Å²) in [5.74, 6) is -1.06. The van der Waals surface area contributed by atoms with Gasteiger partial charge in [-0.2, -0.15) is 0 Å². The fraction of sp³-hybridized carbons (Fsp3) is 0.208. The molecule has 0 bridgehead atoms. The summed E-state index contributed by atoms with van der Waals surface area (Å²) in [5, 5.41) is 12.5. The number of esters is 1. The third-order valence-corrected chi connectivity index (χ3v) is 4.59. The van der Waals surface area contributed by atoms with E-state index in [4.69, 9.17) is 14.2 Å². The van der Waals surface area contributed by atoms with Crippen molar-refractivity contribution in [3.05, 3.63) is 84.2 Å². The van der Waals surface area contributed by atoms with Crippen molar-refractivity contribution in [2.45, 2.75) is 19.1 Å². The first-order valence-corrected chi connectivity index (χ1v) is 9.95. The van der Waals surface area contributed by atoms with Crippen molar-refractivity contribution in [2.24, 2.45) is 0 Å². The lowest BCUT2D eigenvalue weighted by Crippen LogP contribution is -2.40. The van der Waals surface area contributed by atoms with Gasteiger partial charge in [-0.25, -0.2) is 9.78 Å². The van der Waals surface area contributed by atoms with Crippen LogP contribution in [-0.2, 0) is 9.53 Å². The summed E-state index contributed by atoms with van der Waals surface area (Å²) in [6.07, 6.45) is 0.788. The van der Waals surface area contributed by atoms with Crippen molar-refractivity contribution in [1.29, 1.82) is 0 Å². The Morgan fingerprint density at radius 2 is 1.69 bits per heavy atom. The van der Waals surface area contributed by atoms with Crippen molar-refractivity contribution < 1.29 is 28.9 Å². The van der Waals surface area contributed by atoms with Gasteiger partial charge in [-0.15, -0.1) is 0 Å². The van der Waals surface area contributed by atoms with Gasteiger partial charge in [-0.1, -0.05) is 48.5 Å². The van der Waals surface area contributed by atoms with Crippen LogP contribution in [0.5, 0.6) is 17.2 Å². The Labute approximate surface area is 185 Å². The summed E-state index contributed by atoms with van der Waals surface area (Å²) in [7, 11) is 1.36. The Balaban J connectivity index is 1.63. The molecule has 1 aromatic heterocycles. The minimum Gasteiger partial charge on any atom is -0.503 e. The number of carbonyl (C=O) groups is 2. The molecule has 0 saturated carbocycles. The maximum absolute atomic E-state index is 12.5. The number of nitrogens with zero attached hydrogens (tertiary/aromatic N) is 1. The van der Waals surface area contributed by atoms with Gasteiger partial charge in [0.25, 0.3) is 5.91 Å². The Hall–Kier alpha value is -4.07. The van der Waals surface area contributed by atoms with E-state index in [1.54, 1.807) is 0 Å². The normalized spacial score (nSPS) is 12.3. The summed E-state index contributed by atoms with van der Waals surface area (Å²) in [6, 6.07) is 19.0. The van der Waals surface area contributed by atoms with E-state index < -0.39 is 29.8 Å². The van der Waals surface area contributed by atoms with Crippen molar-refractivity contribution in [3.8, 4) is 17.2 Å². The molecule has 0 aliphatic heterocycles. The van der Waals surface area contributed by atoms with Gasteiger partial charge in [0.2, 0.25) is 0 Å². The lowest BCUT2D eigenvalue weighted by molar-refractivity contribution is -0.148. The number of carbonyl (C=O) groups excluding carboxylic acids is 2. The molecule has 8 nitrogen and oxygen atoms in total. The number of para-hydroxylation sites is 1. The molecule has 2 aromatic carbocycles. The first kappa shape index (κ1) is 22.6. The van der Waals surface area contributed by atoms with E-state index in [2.05, 4.69) is 10.3 Å². The lowest BCUT2D eigenvalue weighted by Gasteiger charge is -2.21. The van der Waals surface area contributed by atoms with Crippen LogP contribution in [0.2, 0.25) is 0 Å². The Bertz CT molecular complexity index is 1040. The van der Waals surface area contributed by atoms with Crippen LogP contribution < -0.4 is 14.8 Å². The van der Waals surface area contributed by atoms with E-state index in [-0.39, 0.29) is 18.1 Å². The van der Waals surface area contributed by atoms with Gasteiger partial charge in [-0.05, 0) is 24.6 Å². The first-order chi connectivity index (χ1) is 15.5. The molecule has 166 valence electrons. The quantitative estimate of drug-likeness (QED) is 0.496. The molecule has 0 aliphatic rings. The van der Waals surface area contributed by atoms with E-state index in [9.17, 15) is 14.7 Å². The number of hydrogen-bond donors (Lipinski definition) is 2. The number of hydrogen-bond acceptors (Lipinski definition) is 7. The fourth-order valence-electron chi connectivity index (χ4n) is 2.90. The van der Waals surface area contributed by atoms with Gasteiger partial charge in [0, 0.05) is 12.3 Å². The number of aromatic nitrogens is 1. The number of ether oxygens (including phenoxy) is 3. The van der Waals surface area contributed by atoms with Crippen molar-refractivity contribution >= 4 is 11.9 Å². The number of benzene rings is 2. The van der Waals surface area contributed by atoms with Crippen LogP contribution in [0.3, 0.4) is 0 Å². The van der Waals surface area contributed by atoms with Crippen LogP contribution in [0.4, 0.5) is 0 Å². The zero-order valence-corrected chi connectivity index (χ0v) is 17.7. The summed E-state index contributed by atoms with van der Waals surface area (Å²) in [5.41, 5.74) is 0.588. The van der Waals surface area contributed by atoms with Crippen molar-refractivity contribution in [1.82, 2.24) is 10.3 Å². The van der Waals surface area contributed by atoms with E-state index in [0.717, 1.165) is 5.56 Å². The monoisotopic (exact) mass is 436 g/mol. The second-order valence-corrected chi connectivity index (χ2v) is 6.87. The maximum Gasteiger partial charge on any atom is 0.328 e. The highest BCUT2D eigenvalue weighted by Gasteiger charge is 2.24. The van der Waals surface area contributed by atoms with Gasteiger partial charge in [0.05, 0.1) is 7.11 Å². The Morgan fingerprint density at radius 3 is 2.34 bits per heavy atom. The molecule has 1 heterocycles. The zero-order valence-electron chi connectivity index (χ0n) is 17.7. The molecule has 0 saturated heterocycles. The molecule has 0 radical (unpaired) electrons. The summed E-state index contributed by atoms with van der Waals surface area (Å²) in [6.45, 7) is 1.42. The predicted molar refractivity (Wildman–Crippen MR) is 117 cm³/mol. The molecule has 1 amide bonds. The topological polar surface area (TPSA) is 107 Å². The van der Waals surface area contributed by atoms with Crippen LogP contribution >= 0.6 is 0 Å². The van der Waals surface area contributed by atoms with Gasteiger partial charge < -0.3 is 24.6 Å². The second-order valence-electron chi connectivity index (χ2n) is 6.87. The van der Waals surface area contributed by atoms with Gasteiger partial charge >= 0.3 is 5.97 Å². The average Bonchev–Trinajstić information content (AvgIpc) is 2.82. The highest BCUT2D eigenvalue weighted by Crippen LogP contribution is 2.27. The first-order valence-electron chi connectivity index (χ1n) is 9.95. The summed E-state index contributed by atoms with van der Waals surface area (Å²) < 4.78 is 16.4. The third-order valence-electron chi connectivity index (χ3n) is 4.59. The van der Waals surface area contributed by atoms with Gasteiger partial charge in [0.1, 0.15) is 18.4 Å². The number of methoxy groups -OCH3 is 1. The largest absolute Gasteiger partial charge is 0.503 e. The highest BCUT2D eigenvalue weighted by atomic mass is 16.6. The minimum atomic E-state index is -0.983. The molecule has 8 heteroatoms. The predicted octanol–water partition coefficient (Wildman–Crippen LogP) is 3.28. The molecule has 1 unspecified atom stereocenters. The summed E-state index contributed by atoms with van der Waals surface area (Å²) >= 11 is 0. The Morgan fingerprint density at radius 1 is 1.03 bits per heavy atom. The average molecular weight is 436 g/mol. The van der Waals surface area contributed by atoms with E-state index in [1.165, 1.54) is 26.3 Å². The third kappa shape index (κ3) is 5.75. The van der Waals surface area contributed by atoms with Crippen molar-refractivity contribution in [3.63, 3.8) is 0 Å². The molecule has 0 aliphatic carbocycles. The summed E-state index contributed by atoms with van der Waals surface area (Å²) in [4.78, 5) is 28.8. The van der Waals surface area contributed by atoms with Crippen LogP contribution in [0.25, 0.3) is 0 Å². The minimum absolute atomic E-state index is 0.0549. The van der Waals surface area contributed by atoms with E-state index in [1.807, 2.05) is 60.7 Å². The zero-order chi connectivity index (χ0) is 22.9. The van der Waals surface area contributed by atoms with E-state index in [0.29, 0.717) is 5.75 Å². The van der Waals surface area contributed by atoms with E-state index >= 15 is 0 Å². The number of aromatic hydroxyl groups is 1. The lowest BCUT2D eigenvalue weighted by atomic mass is 10.1. The molecule has 32 heavy (non-hydrogen) atoms. The fourth-order valence-corrected chi connectivity index (χ4v) is 2.90. The van der Waals surface area contributed by atoms with Crippen LogP contribution in [0.1, 0.15) is 29.1 Å². The van der Waals surface area contributed by atoms with Gasteiger partial charge in [-0.3, -0.25) is 4.79 Å². The molecule has 2 atom stereocenters. The molecule has 3 aromatic rings. The van der Waals surface area contributed by atoms with Crippen LogP contribution in [0.15, 0.2) is 72.9 Å². The maximum atomic E-state index is 12.5. The smallest absolute Gasteiger partial charge is 0.328 e. The van der Waals surface area contributed by atoms with Gasteiger partial charge in [0.15, 0.2) is 23.3 Å². The molecule has 0 spiro atoms. The van der Waals surface area contributed by atoms with Crippen LogP contribution in [-0.4, -0.2) is 41.7 Å². The highest BCUT2D eigenvalue weighted by molar-refractivity contribution is 5.97. The number of rotatable bonds is 9. The number of pyridine rings is 1. The SMILES string of the molecule is COc1ccnc(C(=O)N[C@@H](C)C(=O)OCC(Oc2ccccc2)c2ccccc2)c1O.